The predicted molar refractivity (Wildman–Crippen MR) is 111 cm³/mol. The van der Waals surface area contributed by atoms with Crippen LogP contribution in [0, 0.1) is 0 Å². The van der Waals surface area contributed by atoms with Crippen molar-refractivity contribution in [2.75, 3.05) is 25.4 Å². The molecule has 0 saturated carbocycles. The van der Waals surface area contributed by atoms with Crippen molar-refractivity contribution < 1.29 is 14.3 Å². The normalized spacial score (nSPS) is 16.6. The minimum absolute atomic E-state index is 0.234. The van der Waals surface area contributed by atoms with Gasteiger partial charge in [-0.15, -0.1) is 0 Å². The number of amides is 1. The molecule has 0 atom stereocenters. The van der Waals surface area contributed by atoms with Gasteiger partial charge in [-0.1, -0.05) is 19.6 Å². The summed E-state index contributed by atoms with van der Waals surface area (Å²) in [5.74, 6) is 0.946. The number of hydrogen-bond acceptors (Lipinski definition) is 5. The molecule has 0 aromatic carbocycles. The lowest BCUT2D eigenvalue weighted by Gasteiger charge is -2.32. The second-order valence-corrected chi connectivity index (χ2v) is 15.2. The monoisotopic (exact) mass is 396 g/mol. The summed E-state index contributed by atoms with van der Waals surface area (Å²) in [5.41, 5.74) is 6.63. The summed E-state index contributed by atoms with van der Waals surface area (Å²) in [6.45, 7) is 15.2. The Morgan fingerprint density at radius 3 is 2.48 bits per heavy atom. The van der Waals surface area contributed by atoms with Gasteiger partial charge in [0.1, 0.15) is 18.1 Å². The lowest BCUT2D eigenvalue weighted by atomic mass is 9.94. The molecule has 0 spiro atoms. The van der Waals surface area contributed by atoms with Gasteiger partial charge in [-0.3, -0.25) is 0 Å². The quantitative estimate of drug-likeness (QED) is 0.582. The Kier molecular flexibility index (Phi) is 6.96. The Balaban J connectivity index is 1.83. The first-order valence-corrected chi connectivity index (χ1v) is 13.5. The van der Waals surface area contributed by atoms with Crippen LogP contribution < -0.4 is 5.73 Å². The topological polar surface area (TPSA) is 82.6 Å². The Morgan fingerprint density at radius 1 is 1.30 bits per heavy atom. The van der Waals surface area contributed by atoms with Crippen LogP contribution in [0.15, 0.2) is 6.07 Å². The van der Waals surface area contributed by atoms with E-state index in [4.69, 9.17) is 15.2 Å². The largest absolute Gasteiger partial charge is 0.444 e. The van der Waals surface area contributed by atoms with E-state index in [0.29, 0.717) is 31.6 Å². The summed E-state index contributed by atoms with van der Waals surface area (Å²) in [5, 5.41) is 4.64. The Hall–Kier alpha value is -1.54. The van der Waals surface area contributed by atoms with Gasteiger partial charge >= 0.3 is 6.09 Å². The van der Waals surface area contributed by atoms with E-state index in [2.05, 4.69) is 24.7 Å². The number of rotatable bonds is 6. The Morgan fingerprint density at radius 2 is 1.93 bits per heavy atom. The van der Waals surface area contributed by atoms with Crippen molar-refractivity contribution in [1.29, 1.82) is 0 Å². The van der Waals surface area contributed by atoms with Gasteiger partial charge in [0.15, 0.2) is 0 Å². The molecule has 1 saturated heterocycles. The third kappa shape index (κ3) is 7.18. The van der Waals surface area contributed by atoms with E-state index >= 15 is 0 Å². The van der Waals surface area contributed by atoms with E-state index in [9.17, 15) is 4.79 Å². The number of nitrogens with two attached hydrogens (primary N) is 1. The molecule has 1 aliphatic rings. The highest BCUT2D eigenvalue weighted by Crippen LogP contribution is 2.29. The van der Waals surface area contributed by atoms with Gasteiger partial charge in [0.2, 0.25) is 0 Å². The third-order valence-electron chi connectivity index (χ3n) is 4.60. The Bertz CT molecular complexity index is 626. The fourth-order valence-electron chi connectivity index (χ4n) is 2.97. The average Bonchev–Trinajstić information content (AvgIpc) is 2.90. The first-order valence-electron chi connectivity index (χ1n) is 9.83. The zero-order valence-electron chi connectivity index (χ0n) is 17.7. The summed E-state index contributed by atoms with van der Waals surface area (Å²) in [7, 11) is -1.09. The van der Waals surface area contributed by atoms with Crippen LogP contribution in [0.1, 0.15) is 45.2 Å². The van der Waals surface area contributed by atoms with Crippen LogP contribution in [0.25, 0.3) is 0 Å². The molecule has 8 heteroatoms. The van der Waals surface area contributed by atoms with Crippen molar-refractivity contribution in [3.05, 3.63) is 11.8 Å². The van der Waals surface area contributed by atoms with Crippen LogP contribution in [0.4, 0.5) is 10.6 Å². The van der Waals surface area contributed by atoms with E-state index in [-0.39, 0.29) is 6.09 Å². The highest BCUT2D eigenvalue weighted by molar-refractivity contribution is 6.76. The highest BCUT2D eigenvalue weighted by atomic mass is 28.3. The van der Waals surface area contributed by atoms with Gasteiger partial charge in [0.05, 0.1) is 5.69 Å². The molecule has 1 aliphatic heterocycles. The van der Waals surface area contributed by atoms with Crippen LogP contribution in [-0.4, -0.2) is 54.1 Å². The van der Waals surface area contributed by atoms with E-state index in [1.54, 1.807) is 9.58 Å². The van der Waals surface area contributed by atoms with Gasteiger partial charge in [0, 0.05) is 39.8 Å². The molecule has 2 heterocycles. The van der Waals surface area contributed by atoms with Gasteiger partial charge in [-0.05, 0) is 39.7 Å². The second-order valence-electron chi connectivity index (χ2n) is 9.58. The SMILES string of the molecule is CC(C)(C)OC(=O)N1CCC(c2cc(N)n(COCC[Si](C)(C)C)n2)CC1. The number of aromatic nitrogens is 2. The molecule has 1 aromatic heterocycles. The van der Waals surface area contributed by atoms with E-state index in [0.717, 1.165) is 31.2 Å². The van der Waals surface area contributed by atoms with Gasteiger partial charge < -0.3 is 20.1 Å². The van der Waals surface area contributed by atoms with E-state index < -0.39 is 13.7 Å². The van der Waals surface area contributed by atoms with Crippen molar-refractivity contribution in [2.45, 2.75) is 77.5 Å². The average molecular weight is 397 g/mol. The molecule has 154 valence electrons. The fraction of sp³-hybridized carbons (Fsp3) is 0.789. The van der Waals surface area contributed by atoms with Gasteiger partial charge in [-0.25, -0.2) is 9.48 Å². The molecule has 1 aromatic rings. The number of nitrogen functional groups attached to an aromatic ring is 1. The summed E-state index contributed by atoms with van der Waals surface area (Å²) < 4.78 is 12.9. The number of carbonyl (C=O) groups excluding carboxylic acids is 1. The number of likely N-dealkylation sites (tertiary alicyclic amines) is 1. The van der Waals surface area contributed by atoms with Crippen molar-refractivity contribution in [3.8, 4) is 0 Å². The van der Waals surface area contributed by atoms with Crippen LogP contribution in [0.2, 0.25) is 25.7 Å². The molecule has 0 bridgehead atoms. The molecule has 2 rings (SSSR count). The number of ether oxygens (including phenoxy) is 2. The van der Waals surface area contributed by atoms with Crippen LogP contribution >= 0.6 is 0 Å². The molecule has 1 fully saturated rings. The molecule has 2 N–H and O–H groups in total. The molecule has 7 nitrogen and oxygen atoms in total. The zero-order chi connectivity index (χ0) is 20.2. The molecule has 0 aliphatic carbocycles. The first-order chi connectivity index (χ1) is 12.4. The molecule has 0 unspecified atom stereocenters. The number of anilines is 1. The second kappa shape index (κ2) is 8.64. The third-order valence-corrected chi connectivity index (χ3v) is 6.31. The van der Waals surface area contributed by atoms with E-state index in [1.165, 1.54) is 0 Å². The maximum absolute atomic E-state index is 12.2. The van der Waals surface area contributed by atoms with Crippen molar-refractivity contribution in [3.63, 3.8) is 0 Å². The minimum Gasteiger partial charge on any atom is -0.444 e. The summed E-state index contributed by atoms with van der Waals surface area (Å²) in [6.07, 6.45) is 1.50. The molecular formula is C19H36N4O3Si. The summed E-state index contributed by atoms with van der Waals surface area (Å²) >= 11 is 0. The number of carbonyl (C=O) groups is 1. The summed E-state index contributed by atoms with van der Waals surface area (Å²) in [6, 6.07) is 3.07. The highest BCUT2D eigenvalue weighted by Gasteiger charge is 2.28. The molecule has 0 radical (unpaired) electrons. The smallest absolute Gasteiger partial charge is 0.410 e. The van der Waals surface area contributed by atoms with E-state index in [1.807, 2.05) is 26.8 Å². The predicted octanol–water partition coefficient (Wildman–Crippen LogP) is 3.89. The Labute approximate surface area is 164 Å². The molecular weight excluding hydrogens is 360 g/mol. The van der Waals surface area contributed by atoms with Crippen LogP contribution in [0.5, 0.6) is 0 Å². The maximum Gasteiger partial charge on any atom is 0.410 e. The van der Waals surface area contributed by atoms with Crippen LogP contribution in [0.3, 0.4) is 0 Å². The van der Waals surface area contributed by atoms with Crippen molar-refractivity contribution >= 4 is 20.0 Å². The molecule has 27 heavy (non-hydrogen) atoms. The lowest BCUT2D eigenvalue weighted by Crippen LogP contribution is -2.41. The number of nitrogens with zero attached hydrogens (tertiary/aromatic N) is 3. The maximum atomic E-state index is 12.2. The summed E-state index contributed by atoms with van der Waals surface area (Å²) in [4.78, 5) is 14.0. The standard InChI is InChI=1S/C19H36N4O3Si/c1-19(2,3)26-18(24)22-9-7-15(8-10-22)16-13-17(20)23(21-16)14-25-11-12-27(4,5)6/h13,15H,7-12,14,20H2,1-6H3. The van der Waals surface area contributed by atoms with Gasteiger partial charge in [0.25, 0.3) is 0 Å². The van der Waals surface area contributed by atoms with Crippen molar-refractivity contribution in [2.24, 2.45) is 0 Å². The molecule has 1 amide bonds. The number of hydrogen-bond donors (Lipinski definition) is 1. The van der Waals surface area contributed by atoms with Gasteiger partial charge in [-0.2, -0.15) is 5.10 Å². The number of piperidine rings is 1. The minimum atomic E-state index is -1.09. The van der Waals surface area contributed by atoms with Crippen LogP contribution in [-0.2, 0) is 16.2 Å². The first kappa shape index (κ1) is 21.8. The fourth-order valence-corrected chi connectivity index (χ4v) is 3.73. The zero-order valence-corrected chi connectivity index (χ0v) is 18.7. The van der Waals surface area contributed by atoms with Crippen molar-refractivity contribution in [1.82, 2.24) is 14.7 Å². The lowest BCUT2D eigenvalue weighted by molar-refractivity contribution is 0.0203.